The molecular weight excluding hydrogens is 286 g/mol. The van der Waals surface area contributed by atoms with Crippen LogP contribution in [0.15, 0.2) is 6.20 Å². The van der Waals surface area contributed by atoms with Gasteiger partial charge in [-0.05, 0) is 46.1 Å². The van der Waals surface area contributed by atoms with Gasteiger partial charge >= 0.3 is 0 Å². The maximum atomic E-state index is 6.36. The Bertz CT molecular complexity index is 626. The van der Waals surface area contributed by atoms with E-state index in [4.69, 9.17) is 17.3 Å². The van der Waals surface area contributed by atoms with Crippen molar-refractivity contribution in [2.45, 2.75) is 52.6 Å². The topological polar surface area (TPSA) is 61.7 Å². The van der Waals surface area contributed by atoms with Gasteiger partial charge < -0.3 is 5.73 Å². The van der Waals surface area contributed by atoms with Gasteiger partial charge in [-0.2, -0.15) is 10.2 Å². The Hall–Kier alpha value is -1.33. The van der Waals surface area contributed by atoms with Crippen molar-refractivity contribution in [2.24, 2.45) is 12.8 Å². The van der Waals surface area contributed by atoms with Gasteiger partial charge in [0.25, 0.3) is 0 Å². The highest BCUT2D eigenvalue weighted by Crippen LogP contribution is 2.27. The molecular formula is C15H24ClN5. The molecule has 0 saturated heterocycles. The first-order valence-electron chi connectivity index (χ1n) is 7.30. The van der Waals surface area contributed by atoms with Crippen LogP contribution >= 0.6 is 11.6 Å². The van der Waals surface area contributed by atoms with E-state index in [1.165, 1.54) is 11.3 Å². The molecule has 0 saturated carbocycles. The number of hydrogen-bond donors (Lipinski definition) is 1. The van der Waals surface area contributed by atoms with E-state index in [2.05, 4.69) is 31.0 Å². The number of halogens is 1. The molecule has 1 unspecified atom stereocenters. The SMILES string of the molecule is Cc1nn(C)c(C)c1CCC(N)c1c(Cl)cnn1C(C)C. The summed E-state index contributed by atoms with van der Waals surface area (Å²) in [6.45, 7) is 8.29. The quantitative estimate of drug-likeness (QED) is 0.923. The summed E-state index contributed by atoms with van der Waals surface area (Å²) in [5.74, 6) is 0. The normalized spacial score (nSPS) is 13.1. The minimum atomic E-state index is -0.124. The van der Waals surface area contributed by atoms with Gasteiger partial charge in [0.15, 0.2) is 0 Å². The molecule has 2 N–H and O–H groups in total. The molecule has 0 aliphatic carbocycles. The molecule has 1 atom stereocenters. The van der Waals surface area contributed by atoms with Crippen LogP contribution in [0.25, 0.3) is 0 Å². The molecule has 0 aliphatic rings. The van der Waals surface area contributed by atoms with Crippen LogP contribution in [0.1, 0.15) is 55.0 Å². The molecule has 2 rings (SSSR count). The Labute approximate surface area is 131 Å². The van der Waals surface area contributed by atoms with E-state index in [0.29, 0.717) is 5.02 Å². The van der Waals surface area contributed by atoms with Crippen molar-refractivity contribution in [3.8, 4) is 0 Å². The summed E-state index contributed by atoms with van der Waals surface area (Å²) >= 11 is 6.25. The largest absolute Gasteiger partial charge is 0.323 e. The van der Waals surface area contributed by atoms with Crippen LogP contribution in [0.3, 0.4) is 0 Å². The summed E-state index contributed by atoms with van der Waals surface area (Å²) in [7, 11) is 1.97. The zero-order valence-corrected chi connectivity index (χ0v) is 14.1. The average Bonchev–Trinajstić information content (AvgIpc) is 2.90. The van der Waals surface area contributed by atoms with E-state index < -0.39 is 0 Å². The van der Waals surface area contributed by atoms with Crippen LogP contribution in [0.5, 0.6) is 0 Å². The minimum Gasteiger partial charge on any atom is -0.323 e. The number of rotatable bonds is 5. The van der Waals surface area contributed by atoms with Gasteiger partial charge in [-0.15, -0.1) is 0 Å². The molecule has 0 radical (unpaired) electrons. The van der Waals surface area contributed by atoms with Gasteiger partial charge in [0.2, 0.25) is 0 Å². The number of nitrogens with zero attached hydrogens (tertiary/aromatic N) is 4. The van der Waals surface area contributed by atoms with Crippen molar-refractivity contribution < 1.29 is 0 Å². The van der Waals surface area contributed by atoms with Crippen molar-refractivity contribution in [2.75, 3.05) is 0 Å². The average molecular weight is 310 g/mol. The molecule has 2 aromatic rings. The lowest BCUT2D eigenvalue weighted by molar-refractivity contribution is 0.477. The summed E-state index contributed by atoms with van der Waals surface area (Å²) < 4.78 is 3.83. The van der Waals surface area contributed by atoms with Gasteiger partial charge in [-0.3, -0.25) is 9.36 Å². The van der Waals surface area contributed by atoms with Crippen LogP contribution in [0.2, 0.25) is 5.02 Å². The second-order valence-corrected chi connectivity index (χ2v) is 6.24. The van der Waals surface area contributed by atoms with Crippen molar-refractivity contribution in [1.82, 2.24) is 19.6 Å². The second-order valence-electron chi connectivity index (χ2n) is 5.83. The van der Waals surface area contributed by atoms with E-state index in [-0.39, 0.29) is 12.1 Å². The Morgan fingerprint density at radius 1 is 1.33 bits per heavy atom. The molecule has 0 aromatic carbocycles. The standard InChI is InChI=1S/C15H24ClN5/c1-9(2)21-15(13(16)8-18-21)14(17)7-6-12-10(3)19-20(5)11(12)4/h8-9,14H,6-7,17H2,1-5H3. The lowest BCUT2D eigenvalue weighted by Gasteiger charge is -2.17. The molecule has 0 spiro atoms. The smallest absolute Gasteiger partial charge is 0.0834 e. The lowest BCUT2D eigenvalue weighted by Crippen LogP contribution is -2.19. The van der Waals surface area contributed by atoms with Crippen LogP contribution in [0, 0.1) is 13.8 Å². The maximum absolute atomic E-state index is 6.36. The zero-order chi connectivity index (χ0) is 15.7. The number of nitrogens with two attached hydrogens (primary N) is 1. The fourth-order valence-electron chi connectivity index (χ4n) is 2.73. The predicted molar refractivity (Wildman–Crippen MR) is 85.6 cm³/mol. The van der Waals surface area contributed by atoms with Crippen molar-refractivity contribution >= 4 is 11.6 Å². The first-order chi connectivity index (χ1) is 9.82. The van der Waals surface area contributed by atoms with Crippen LogP contribution in [-0.4, -0.2) is 19.6 Å². The summed E-state index contributed by atoms with van der Waals surface area (Å²) in [5.41, 5.74) is 10.8. The third kappa shape index (κ3) is 3.14. The molecule has 2 heterocycles. The Balaban J connectivity index is 2.15. The van der Waals surface area contributed by atoms with Crippen molar-refractivity contribution in [3.05, 3.63) is 33.9 Å². The molecule has 0 fully saturated rings. The third-order valence-corrected chi connectivity index (χ3v) is 4.28. The molecule has 6 heteroatoms. The van der Waals surface area contributed by atoms with E-state index >= 15 is 0 Å². The number of aromatic nitrogens is 4. The highest BCUT2D eigenvalue weighted by molar-refractivity contribution is 6.31. The minimum absolute atomic E-state index is 0.124. The van der Waals surface area contributed by atoms with Crippen LogP contribution < -0.4 is 5.73 Å². The zero-order valence-electron chi connectivity index (χ0n) is 13.4. The van der Waals surface area contributed by atoms with E-state index in [0.717, 1.165) is 24.2 Å². The van der Waals surface area contributed by atoms with Gasteiger partial charge in [0.05, 0.1) is 22.6 Å². The van der Waals surface area contributed by atoms with Gasteiger partial charge in [0.1, 0.15) is 0 Å². The van der Waals surface area contributed by atoms with E-state index in [1.807, 2.05) is 23.3 Å². The summed E-state index contributed by atoms with van der Waals surface area (Å²) in [4.78, 5) is 0. The summed E-state index contributed by atoms with van der Waals surface area (Å²) in [6, 6.07) is 0.127. The van der Waals surface area contributed by atoms with Crippen molar-refractivity contribution in [3.63, 3.8) is 0 Å². The Morgan fingerprint density at radius 3 is 2.52 bits per heavy atom. The second kappa shape index (κ2) is 6.20. The molecule has 116 valence electrons. The lowest BCUT2D eigenvalue weighted by atomic mass is 10.0. The molecule has 0 bridgehead atoms. The number of aryl methyl sites for hydroxylation is 2. The van der Waals surface area contributed by atoms with Gasteiger partial charge in [-0.25, -0.2) is 0 Å². The maximum Gasteiger partial charge on any atom is 0.0834 e. The fourth-order valence-corrected chi connectivity index (χ4v) is 3.00. The van der Waals surface area contributed by atoms with Crippen molar-refractivity contribution in [1.29, 1.82) is 0 Å². The molecule has 2 aromatic heterocycles. The summed E-state index contributed by atoms with van der Waals surface area (Å²) in [6.07, 6.45) is 3.40. The molecule has 0 amide bonds. The first-order valence-corrected chi connectivity index (χ1v) is 7.68. The van der Waals surface area contributed by atoms with E-state index in [1.54, 1.807) is 6.20 Å². The van der Waals surface area contributed by atoms with Crippen LogP contribution in [0.4, 0.5) is 0 Å². The molecule has 21 heavy (non-hydrogen) atoms. The molecule has 5 nitrogen and oxygen atoms in total. The third-order valence-electron chi connectivity index (χ3n) is 3.99. The van der Waals surface area contributed by atoms with Gasteiger partial charge in [-0.1, -0.05) is 11.6 Å². The number of hydrogen-bond acceptors (Lipinski definition) is 3. The first kappa shape index (κ1) is 16.0. The monoisotopic (exact) mass is 309 g/mol. The highest BCUT2D eigenvalue weighted by atomic mass is 35.5. The van der Waals surface area contributed by atoms with E-state index in [9.17, 15) is 0 Å². The Kier molecular flexibility index (Phi) is 4.74. The predicted octanol–water partition coefficient (Wildman–Crippen LogP) is 3.10. The fraction of sp³-hybridized carbons (Fsp3) is 0.600. The highest BCUT2D eigenvalue weighted by Gasteiger charge is 2.19. The molecule has 0 aliphatic heterocycles. The summed E-state index contributed by atoms with van der Waals surface area (Å²) in [5, 5.41) is 9.41. The van der Waals surface area contributed by atoms with Gasteiger partial charge in [0, 0.05) is 24.8 Å². The Morgan fingerprint density at radius 2 is 2.00 bits per heavy atom. The van der Waals surface area contributed by atoms with Crippen LogP contribution in [-0.2, 0) is 13.5 Å².